The second kappa shape index (κ2) is 10.4. The van der Waals surface area contributed by atoms with Crippen molar-refractivity contribution >= 4 is 43.6 Å². The van der Waals surface area contributed by atoms with Gasteiger partial charge >= 0.3 is 0 Å². The second-order valence-electron chi connectivity index (χ2n) is 12.2. The second-order valence-corrected chi connectivity index (χ2v) is 12.2. The van der Waals surface area contributed by atoms with E-state index in [0.717, 1.165) is 5.69 Å². The maximum Gasteiger partial charge on any atom is 0.0619 e. The predicted molar refractivity (Wildman–Crippen MR) is 195 cm³/mol. The van der Waals surface area contributed by atoms with Crippen LogP contribution >= 0.6 is 0 Å². The van der Waals surface area contributed by atoms with Crippen LogP contribution in [0.1, 0.15) is 11.1 Å². The summed E-state index contributed by atoms with van der Waals surface area (Å²) in [6, 6.07) is 57.4. The number of aromatic nitrogens is 2. The summed E-state index contributed by atoms with van der Waals surface area (Å²) in [6.07, 6.45) is 0. The Balaban J connectivity index is 1.36. The quantitative estimate of drug-likeness (QED) is 0.194. The zero-order chi connectivity index (χ0) is 30.8. The van der Waals surface area contributed by atoms with Gasteiger partial charge in [0.25, 0.3) is 0 Å². The molecule has 9 aromatic rings. The Morgan fingerprint density at radius 2 is 0.891 bits per heavy atom. The summed E-state index contributed by atoms with van der Waals surface area (Å²) in [5.41, 5.74) is 14.8. The van der Waals surface area contributed by atoms with Gasteiger partial charge in [-0.2, -0.15) is 0 Å². The molecule has 0 N–H and O–H groups in total. The van der Waals surface area contributed by atoms with Crippen LogP contribution in [0.5, 0.6) is 0 Å². The van der Waals surface area contributed by atoms with Crippen molar-refractivity contribution in [3.05, 3.63) is 169 Å². The van der Waals surface area contributed by atoms with Crippen LogP contribution in [0.3, 0.4) is 0 Å². The van der Waals surface area contributed by atoms with Crippen molar-refractivity contribution in [1.29, 1.82) is 0 Å². The molecule has 2 nitrogen and oxygen atoms in total. The van der Waals surface area contributed by atoms with Gasteiger partial charge in [0.05, 0.1) is 22.1 Å². The van der Waals surface area contributed by atoms with Gasteiger partial charge in [-0.05, 0) is 84.1 Å². The van der Waals surface area contributed by atoms with Gasteiger partial charge < -0.3 is 9.13 Å². The van der Waals surface area contributed by atoms with Gasteiger partial charge in [0.1, 0.15) is 0 Å². The van der Waals surface area contributed by atoms with E-state index in [4.69, 9.17) is 0 Å². The first-order valence-electron chi connectivity index (χ1n) is 16.0. The average Bonchev–Trinajstić information content (AvgIpc) is 3.62. The highest BCUT2D eigenvalue weighted by Crippen LogP contribution is 2.42. The monoisotopic (exact) mass is 588 g/mol. The van der Waals surface area contributed by atoms with Crippen molar-refractivity contribution in [2.75, 3.05) is 0 Å². The van der Waals surface area contributed by atoms with E-state index in [-0.39, 0.29) is 0 Å². The highest BCUT2D eigenvalue weighted by Gasteiger charge is 2.20. The van der Waals surface area contributed by atoms with Crippen molar-refractivity contribution in [3.8, 4) is 33.6 Å². The molecule has 2 heterocycles. The lowest BCUT2D eigenvalue weighted by atomic mass is 9.90. The molecule has 218 valence electrons. The van der Waals surface area contributed by atoms with Gasteiger partial charge in [-0.15, -0.1) is 0 Å². The number of hydrogen-bond donors (Lipinski definition) is 0. The van der Waals surface area contributed by atoms with Crippen molar-refractivity contribution in [3.63, 3.8) is 0 Å². The summed E-state index contributed by atoms with van der Waals surface area (Å²) in [7, 11) is 0. The van der Waals surface area contributed by atoms with Crippen LogP contribution in [0.2, 0.25) is 0 Å². The van der Waals surface area contributed by atoms with Crippen molar-refractivity contribution in [2.24, 2.45) is 0 Å². The maximum atomic E-state index is 2.45. The van der Waals surface area contributed by atoms with Crippen LogP contribution in [0, 0.1) is 13.8 Å². The third kappa shape index (κ3) is 3.90. The van der Waals surface area contributed by atoms with E-state index in [2.05, 4.69) is 181 Å². The number of para-hydroxylation sites is 4. The minimum absolute atomic E-state index is 1.16. The lowest BCUT2D eigenvalue weighted by Crippen LogP contribution is -1.97. The van der Waals surface area contributed by atoms with E-state index in [1.54, 1.807) is 0 Å². The average molecular weight is 589 g/mol. The first kappa shape index (κ1) is 26.5. The summed E-state index contributed by atoms with van der Waals surface area (Å²) in [4.78, 5) is 0. The van der Waals surface area contributed by atoms with Crippen LogP contribution in [-0.2, 0) is 0 Å². The van der Waals surface area contributed by atoms with Gasteiger partial charge in [0, 0.05) is 38.5 Å². The molecule has 7 aromatic carbocycles. The highest BCUT2D eigenvalue weighted by molar-refractivity contribution is 6.15. The van der Waals surface area contributed by atoms with Gasteiger partial charge in [0.15, 0.2) is 0 Å². The van der Waals surface area contributed by atoms with E-state index in [1.807, 2.05) is 0 Å². The number of fused-ring (bicyclic) bond motifs is 6. The third-order valence-electron chi connectivity index (χ3n) is 9.68. The molecular weight excluding hydrogens is 556 g/mol. The molecule has 0 radical (unpaired) electrons. The lowest BCUT2D eigenvalue weighted by Gasteiger charge is -2.16. The molecule has 0 unspecified atom stereocenters. The highest BCUT2D eigenvalue weighted by atomic mass is 15.0. The Kier molecular flexibility index (Phi) is 5.97. The first-order chi connectivity index (χ1) is 22.7. The van der Waals surface area contributed by atoms with Gasteiger partial charge in [-0.1, -0.05) is 115 Å². The minimum Gasteiger partial charge on any atom is -0.309 e. The van der Waals surface area contributed by atoms with Gasteiger partial charge in [-0.25, -0.2) is 0 Å². The number of hydrogen-bond acceptors (Lipinski definition) is 0. The molecule has 0 fully saturated rings. The van der Waals surface area contributed by atoms with E-state index >= 15 is 0 Å². The topological polar surface area (TPSA) is 9.86 Å². The third-order valence-corrected chi connectivity index (χ3v) is 9.68. The standard InChI is InChI=1S/C44H32N2/c1-29-14-6-7-17-33(29)34-20-12-21-35(30(34)2)38-22-13-23-39-40-28-32(26-27-43(40)46(44(38)39)31-15-4-3-5-16-31)45-41-24-10-8-18-36(41)37-19-9-11-25-42(37)45/h3-28H,1-2H3. The molecule has 2 aromatic heterocycles. The molecule has 0 aliphatic rings. The van der Waals surface area contributed by atoms with Crippen molar-refractivity contribution in [2.45, 2.75) is 13.8 Å². The summed E-state index contributed by atoms with van der Waals surface area (Å²) in [5.74, 6) is 0. The van der Waals surface area contributed by atoms with Crippen LogP contribution in [0.25, 0.3) is 77.2 Å². The molecular formula is C44H32N2. The molecule has 0 bridgehead atoms. The molecule has 0 aliphatic heterocycles. The van der Waals surface area contributed by atoms with Crippen molar-refractivity contribution in [1.82, 2.24) is 9.13 Å². The Bertz CT molecular complexity index is 2550. The fourth-order valence-electron chi connectivity index (χ4n) is 7.55. The van der Waals surface area contributed by atoms with E-state index in [1.165, 1.54) is 82.7 Å². The fourth-order valence-corrected chi connectivity index (χ4v) is 7.55. The molecule has 0 aliphatic carbocycles. The van der Waals surface area contributed by atoms with Crippen LogP contribution in [-0.4, -0.2) is 9.13 Å². The van der Waals surface area contributed by atoms with Gasteiger partial charge in [0.2, 0.25) is 0 Å². The zero-order valence-corrected chi connectivity index (χ0v) is 25.9. The Hall–Kier alpha value is -5.86. The largest absolute Gasteiger partial charge is 0.309 e. The number of benzene rings is 7. The molecule has 0 spiro atoms. The van der Waals surface area contributed by atoms with Crippen LogP contribution in [0.4, 0.5) is 0 Å². The zero-order valence-electron chi connectivity index (χ0n) is 25.9. The molecule has 0 atom stereocenters. The smallest absolute Gasteiger partial charge is 0.0619 e. The molecule has 0 saturated heterocycles. The predicted octanol–water partition coefficient (Wildman–Crippen LogP) is 11.8. The van der Waals surface area contributed by atoms with Crippen LogP contribution in [0.15, 0.2) is 158 Å². The molecule has 9 rings (SSSR count). The first-order valence-corrected chi connectivity index (χ1v) is 16.0. The van der Waals surface area contributed by atoms with Gasteiger partial charge in [-0.3, -0.25) is 0 Å². The molecule has 2 heteroatoms. The lowest BCUT2D eigenvalue weighted by molar-refractivity contribution is 1.16. The van der Waals surface area contributed by atoms with Crippen LogP contribution < -0.4 is 0 Å². The Labute approximate surface area is 268 Å². The van der Waals surface area contributed by atoms with E-state index < -0.39 is 0 Å². The van der Waals surface area contributed by atoms with E-state index in [9.17, 15) is 0 Å². The fraction of sp³-hybridized carbons (Fsp3) is 0.0455. The van der Waals surface area contributed by atoms with E-state index in [0.29, 0.717) is 0 Å². The number of rotatable bonds is 4. The molecule has 46 heavy (non-hydrogen) atoms. The number of aryl methyl sites for hydroxylation is 1. The molecule has 0 saturated carbocycles. The minimum atomic E-state index is 1.16. The number of nitrogens with zero attached hydrogens (tertiary/aromatic N) is 2. The summed E-state index contributed by atoms with van der Waals surface area (Å²) in [5, 5.41) is 5.04. The Morgan fingerprint density at radius 3 is 1.63 bits per heavy atom. The maximum absolute atomic E-state index is 2.45. The normalized spacial score (nSPS) is 11.7. The Morgan fingerprint density at radius 1 is 0.348 bits per heavy atom. The summed E-state index contributed by atoms with van der Waals surface area (Å²) in [6.45, 7) is 4.47. The SMILES string of the molecule is Cc1ccccc1-c1cccc(-c2cccc3c4cc(-n5c6ccccc6c6ccccc65)ccc4n(-c4ccccc4)c23)c1C. The van der Waals surface area contributed by atoms with Crippen molar-refractivity contribution < 1.29 is 0 Å². The molecule has 0 amide bonds. The summed E-state index contributed by atoms with van der Waals surface area (Å²) < 4.78 is 4.87. The summed E-state index contributed by atoms with van der Waals surface area (Å²) >= 11 is 0.